The van der Waals surface area contributed by atoms with Crippen LogP contribution in [0.3, 0.4) is 0 Å². The third-order valence-electron chi connectivity index (χ3n) is 4.42. The first-order valence-electron chi connectivity index (χ1n) is 7.41. The van der Waals surface area contributed by atoms with Crippen molar-refractivity contribution in [1.82, 2.24) is 5.32 Å². The molecule has 1 nitrogen and oxygen atoms in total. The van der Waals surface area contributed by atoms with Crippen LogP contribution in [0, 0.1) is 5.82 Å². The molecular weight excluding hydrogens is 285 g/mol. The molecule has 1 fully saturated rings. The minimum Gasteiger partial charge on any atom is -0.309 e. The van der Waals surface area contributed by atoms with Crippen molar-refractivity contribution in [1.29, 1.82) is 0 Å². The molecule has 2 aromatic rings. The van der Waals surface area contributed by atoms with Crippen molar-refractivity contribution in [2.24, 2.45) is 0 Å². The molecule has 0 radical (unpaired) electrons. The SMILES string of the molecule is CNC(c1ccc(F)c(Cl)c1)c1ccccc1C1CCC1. The Bertz CT molecular complexity index is 637. The van der Waals surface area contributed by atoms with Crippen molar-refractivity contribution in [3.05, 3.63) is 70.0 Å². The predicted molar refractivity (Wildman–Crippen MR) is 85.3 cm³/mol. The zero-order valence-electron chi connectivity index (χ0n) is 12.1. The maximum Gasteiger partial charge on any atom is 0.141 e. The Kier molecular flexibility index (Phi) is 4.27. The summed E-state index contributed by atoms with van der Waals surface area (Å²) in [5, 5.41) is 3.52. The van der Waals surface area contributed by atoms with Crippen LogP contribution in [0.2, 0.25) is 5.02 Å². The summed E-state index contributed by atoms with van der Waals surface area (Å²) in [6, 6.07) is 13.5. The molecule has 1 N–H and O–H groups in total. The predicted octanol–water partition coefficient (Wildman–Crippen LogP) is 5.06. The Balaban J connectivity index is 2.01. The molecule has 0 saturated heterocycles. The fourth-order valence-electron chi connectivity index (χ4n) is 3.06. The third-order valence-corrected chi connectivity index (χ3v) is 4.71. The molecule has 0 heterocycles. The van der Waals surface area contributed by atoms with Crippen LogP contribution in [-0.4, -0.2) is 7.05 Å². The van der Waals surface area contributed by atoms with Gasteiger partial charge in [-0.25, -0.2) is 4.39 Å². The van der Waals surface area contributed by atoms with Crippen molar-refractivity contribution >= 4 is 11.6 Å². The van der Waals surface area contributed by atoms with Crippen molar-refractivity contribution < 1.29 is 4.39 Å². The lowest BCUT2D eigenvalue weighted by Crippen LogP contribution is -2.21. The molecule has 110 valence electrons. The van der Waals surface area contributed by atoms with Gasteiger partial charge in [-0.15, -0.1) is 0 Å². The number of hydrogen-bond acceptors (Lipinski definition) is 1. The first-order valence-corrected chi connectivity index (χ1v) is 7.79. The summed E-state index contributed by atoms with van der Waals surface area (Å²) >= 11 is 5.94. The molecule has 1 aliphatic rings. The summed E-state index contributed by atoms with van der Waals surface area (Å²) in [6.45, 7) is 0. The topological polar surface area (TPSA) is 12.0 Å². The monoisotopic (exact) mass is 303 g/mol. The second-order valence-electron chi connectivity index (χ2n) is 5.65. The smallest absolute Gasteiger partial charge is 0.141 e. The number of benzene rings is 2. The van der Waals surface area contributed by atoms with Gasteiger partial charge < -0.3 is 5.32 Å². The van der Waals surface area contributed by atoms with Crippen LogP contribution < -0.4 is 5.32 Å². The normalized spacial score (nSPS) is 16.5. The largest absolute Gasteiger partial charge is 0.309 e. The summed E-state index contributed by atoms with van der Waals surface area (Å²) < 4.78 is 13.4. The molecule has 0 bridgehead atoms. The van der Waals surface area contributed by atoms with Crippen LogP contribution in [0.25, 0.3) is 0 Å². The molecule has 1 saturated carbocycles. The van der Waals surface area contributed by atoms with Gasteiger partial charge in [-0.2, -0.15) is 0 Å². The van der Waals surface area contributed by atoms with Crippen LogP contribution in [0.15, 0.2) is 42.5 Å². The third kappa shape index (κ3) is 2.83. The Morgan fingerprint density at radius 3 is 2.57 bits per heavy atom. The standard InChI is InChI=1S/C18H19ClFN/c1-21-18(13-9-10-17(20)16(19)11-13)15-8-3-2-7-14(15)12-5-4-6-12/h2-3,7-12,18,21H,4-6H2,1H3. The van der Waals surface area contributed by atoms with Crippen LogP contribution in [0.1, 0.15) is 47.9 Å². The summed E-state index contributed by atoms with van der Waals surface area (Å²) in [6.07, 6.45) is 3.83. The summed E-state index contributed by atoms with van der Waals surface area (Å²) in [5.74, 6) is 0.288. The highest BCUT2D eigenvalue weighted by Crippen LogP contribution is 2.40. The first kappa shape index (κ1) is 14.6. The molecule has 0 spiro atoms. The van der Waals surface area contributed by atoms with E-state index in [-0.39, 0.29) is 16.9 Å². The lowest BCUT2D eigenvalue weighted by atomic mass is 9.76. The van der Waals surface area contributed by atoms with E-state index in [1.807, 2.05) is 7.05 Å². The number of nitrogens with one attached hydrogen (secondary N) is 1. The van der Waals surface area contributed by atoms with Crippen molar-refractivity contribution in [3.63, 3.8) is 0 Å². The van der Waals surface area contributed by atoms with Crippen LogP contribution >= 0.6 is 11.6 Å². The lowest BCUT2D eigenvalue weighted by molar-refractivity contribution is 0.415. The fraction of sp³-hybridized carbons (Fsp3) is 0.333. The van der Waals surface area contributed by atoms with Crippen LogP contribution in [-0.2, 0) is 0 Å². The Hall–Kier alpha value is -1.38. The van der Waals surface area contributed by atoms with E-state index >= 15 is 0 Å². The summed E-state index contributed by atoms with van der Waals surface area (Å²) in [5.41, 5.74) is 3.67. The number of hydrogen-bond donors (Lipinski definition) is 1. The number of rotatable bonds is 4. The quantitative estimate of drug-likeness (QED) is 0.833. The van der Waals surface area contributed by atoms with E-state index in [0.29, 0.717) is 5.92 Å². The molecule has 1 aliphatic carbocycles. The summed E-state index contributed by atoms with van der Waals surface area (Å²) in [4.78, 5) is 0. The Labute approximate surface area is 130 Å². The van der Waals surface area contributed by atoms with E-state index in [4.69, 9.17) is 11.6 Å². The highest BCUT2D eigenvalue weighted by atomic mass is 35.5. The molecule has 1 unspecified atom stereocenters. The maximum atomic E-state index is 13.4. The minimum absolute atomic E-state index is 0.0416. The van der Waals surface area contributed by atoms with Gasteiger partial charge in [0.2, 0.25) is 0 Å². The molecule has 2 aromatic carbocycles. The molecule has 3 rings (SSSR count). The van der Waals surface area contributed by atoms with Gasteiger partial charge in [0.05, 0.1) is 11.1 Å². The van der Waals surface area contributed by atoms with Gasteiger partial charge in [-0.1, -0.05) is 48.4 Å². The zero-order valence-corrected chi connectivity index (χ0v) is 12.8. The van der Waals surface area contributed by atoms with Gasteiger partial charge in [-0.3, -0.25) is 0 Å². The molecule has 0 aromatic heterocycles. The van der Waals surface area contributed by atoms with Gasteiger partial charge in [0.1, 0.15) is 5.82 Å². The lowest BCUT2D eigenvalue weighted by Gasteiger charge is -2.30. The van der Waals surface area contributed by atoms with Gasteiger partial charge in [0.25, 0.3) is 0 Å². The van der Waals surface area contributed by atoms with Crippen molar-refractivity contribution in [3.8, 4) is 0 Å². The van der Waals surface area contributed by atoms with Crippen LogP contribution in [0.5, 0.6) is 0 Å². The van der Waals surface area contributed by atoms with E-state index in [0.717, 1.165) is 5.56 Å². The van der Waals surface area contributed by atoms with Crippen molar-refractivity contribution in [2.75, 3.05) is 7.05 Å². The highest BCUT2D eigenvalue weighted by molar-refractivity contribution is 6.30. The average Bonchev–Trinajstić information content (AvgIpc) is 2.43. The van der Waals surface area contributed by atoms with E-state index in [1.165, 1.54) is 36.5 Å². The molecule has 1 atom stereocenters. The first-order chi connectivity index (χ1) is 10.2. The molecule has 0 aliphatic heterocycles. The van der Waals surface area contributed by atoms with E-state index in [1.54, 1.807) is 12.1 Å². The minimum atomic E-state index is -0.373. The van der Waals surface area contributed by atoms with Crippen molar-refractivity contribution in [2.45, 2.75) is 31.2 Å². The maximum absolute atomic E-state index is 13.4. The zero-order chi connectivity index (χ0) is 14.8. The second kappa shape index (κ2) is 6.17. The molecule has 21 heavy (non-hydrogen) atoms. The summed E-state index contributed by atoms with van der Waals surface area (Å²) in [7, 11) is 1.93. The van der Waals surface area contributed by atoms with E-state index in [9.17, 15) is 4.39 Å². The van der Waals surface area contributed by atoms with Gasteiger partial charge in [0.15, 0.2) is 0 Å². The van der Waals surface area contributed by atoms with Gasteiger partial charge in [-0.05, 0) is 54.6 Å². The fourth-order valence-corrected chi connectivity index (χ4v) is 3.25. The Morgan fingerprint density at radius 1 is 1.19 bits per heavy atom. The molecular formula is C18H19ClFN. The molecule has 3 heteroatoms. The van der Waals surface area contributed by atoms with E-state index < -0.39 is 0 Å². The van der Waals surface area contributed by atoms with E-state index in [2.05, 4.69) is 29.6 Å². The number of halogens is 2. The Morgan fingerprint density at radius 2 is 1.95 bits per heavy atom. The average molecular weight is 304 g/mol. The van der Waals surface area contributed by atoms with Crippen LogP contribution in [0.4, 0.5) is 4.39 Å². The second-order valence-corrected chi connectivity index (χ2v) is 6.06. The van der Waals surface area contributed by atoms with Gasteiger partial charge >= 0.3 is 0 Å². The molecule has 0 amide bonds. The highest BCUT2D eigenvalue weighted by Gasteiger charge is 2.25. The van der Waals surface area contributed by atoms with Gasteiger partial charge in [0, 0.05) is 0 Å².